The highest BCUT2D eigenvalue weighted by Gasteiger charge is 2.29. The van der Waals surface area contributed by atoms with E-state index in [1.807, 2.05) is 23.1 Å². The van der Waals surface area contributed by atoms with Crippen LogP contribution in [0, 0.1) is 5.92 Å². The monoisotopic (exact) mass is 302 g/mol. The summed E-state index contributed by atoms with van der Waals surface area (Å²) in [5.74, 6) is 1.06. The Morgan fingerprint density at radius 1 is 1.18 bits per heavy atom. The largest absolute Gasteiger partial charge is 0.332 e. The molecule has 0 spiro atoms. The van der Waals surface area contributed by atoms with E-state index in [1.54, 1.807) is 0 Å². The summed E-state index contributed by atoms with van der Waals surface area (Å²) in [6.45, 7) is 11.7. The van der Waals surface area contributed by atoms with E-state index in [1.165, 1.54) is 18.4 Å². The molecule has 1 fully saturated rings. The second kappa shape index (κ2) is 7.28. The molecule has 0 unspecified atom stereocenters. The van der Waals surface area contributed by atoms with Gasteiger partial charge in [0.25, 0.3) is 0 Å². The number of hydrogen-bond acceptors (Lipinski definition) is 2. The highest BCUT2D eigenvalue weighted by molar-refractivity contribution is 5.79. The number of carbonyl (C=O) groups is 1. The van der Waals surface area contributed by atoms with Gasteiger partial charge >= 0.3 is 0 Å². The summed E-state index contributed by atoms with van der Waals surface area (Å²) in [5, 5.41) is 0. The lowest BCUT2D eigenvalue weighted by atomic mass is 10.0. The van der Waals surface area contributed by atoms with E-state index in [0.29, 0.717) is 13.1 Å². The molecule has 3 nitrogen and oxygen atoms in total. The summed E-state index contributed by atoms with van der Waals surface area (Å²) < 4.78 is 0. The maximum atomic E-state index is 12.8. The van der Waals surface area contributed by atoms with E-state index in [9.17, 15) is 4.79 Å². The van der Waals surface area contributed by atoms with E-state index in [-0.39, 0.29) is 11.4 Å². The molecule has 3 heteroatoms. The zero-order valence-electron chi connectivity index (χ0n) is 14.5. The van der Waals surface area contributed by atoms with Gasteiger partial charge in [0.2, 0.25) is 5.91 Å². The number of carbonyl (C=O) groups excluding carboxylic acids is 1. The van der Waals surface area contributed by atoms with Gasteiger partial charge in [-0.15, -0.1) is 0 Å². The van der Waals surface area contributed by atoms with Crippen molar-refractivity contribution in [2.75, 3.05) is 19.6 Å². The maximum Gasteiger partial charge on any atom is 0.237 e. The van der Waals surface area contributed by atoms with Gasteiger partial charge in [-0.05, 0) is 51.6 Å². The fourth-order valence-electron chi connectivity index (χ4n) is 2.71. The van der Waals surface area contributed by atoms with Crippen molar-refractivity contribution in [3.63, 3.8) is 0 Å². The van der Waals surface area contributed by atoms with Gasteiger partial charge in [-0.25, -0.2) is 0 Å². The van der Waals surface area contributed by atoms with Gasteiger partial charge in [0.1, 0.15) is 0 Å². The Bertz CT molecular complexity index is 474. The molecule has 1 aliphatic carbocycles. The van der Waals surface area contributed by atoms with Crippen LogP contribution in [0.1, 0.15) is 46.1 Å². The Hall–Kier alpha value is -1.35. The van der Waals surface area contributed by atoms with Crippen LogP contribution in [-0.4, -0.2) is 40.9 Å². The second-order valence-electron chi connectivity index (χ2n) is 7.41. The highest BCUT2D eigenvalue weighted by atomic mass is 16.2. The summed E-state index contributed by atoms with van der Waals surface area (Å²) in [6, 6.07) is 10.3. The second-order valence-corrected chi connectivity index (χ2v) is 7.41. The summed E-state index contributed by atoms with van der Waals surface area (Å²) >= 11 is 0. The van der Waals surface area contributed by atoms with E-state index in [0.717, 1.165) is 19.0 Å². The normalized spacial score (nSPS) is 15.1. The topological polar surface area (TPSA) is 23.6 Å². The number of amides is 1. The lowest BCUT2D eigenvalue weighted by Gasteiger charge is -2.37. The molecule has 0 aromatic heterocycles. The van der Waals surface area contributed by atoms with E-state index >= 15 is 0 Å². The van der Waals surface area contributed by atoms with Gasteiger partial charge in [0, 0.05) is 18.6 Å². The molecule has 1 saturated carbocycles. The predicted molar refractivity (Wildman–Crippen MR) is 91.6 cm³/mol. The molecule has 0 bridgehead atoms. The van der Waals surface area contributed by atoms with Crippen LogP contribution in [0.25, 0.3) is 0 Å². The first-order chi connectivity index (χ1) is 10.4. The summed E-state index contributed by atoms with van der Waals surface area (Å²) in [6.07, 6.45) is 2.66. The Kier molecular flexibility index (Phi) is 5.63. The van der Waals surface area contributed by atoms with Crippen LogP contribution in [0.2, 0.25) is 0 Å². The van der Waals surface area contributed by atoms with Gasteiger partial charge in [0.15, 0.2) is 0 Å². The molecule has 1 aromatic rings. The first kappa shape index (κ1) is 17.0. The Morgan fingerprint density at radius 2 is 1.82 bits per heavy atom. The minimum Gasteiger partial charge on any atom is -0.332 e. The summed E-state index contributed by atoms with van der Waals surface area (Å²) in [7, 11) is 0. The Balaban J connectivity index is 2.02. The third-order valence-electron chi connectivity index (χ3n) is 4.31. The number of likely N-dealkylation sites (N-methyl/N-ethyl adjacent to an activating group) is 1. The van der Waals surface area contributed by atoms with E-state index < -0.39 is 0 Å². The molecule has 0 aliphatic heterocycles. The van der Waals surface area contributed by atoms with Crippen LogP contribution in [-0.2, 0) is 11.3 Å². The van der Waals surface area contributed by atoms with Crippen LogP contribution in [0.3, 0.4) is 0 Å². The lowest BCUT2D eigenvalue weighted by molar-refractivity contribution is -0.138. The molecule has 0 N–H and O–H groups in total. The maximum absolute atomic E-state index is 12.8. The van der Waals surface area contributed by atoms with Crippen molar-refractivity contribution in [2.45, 2.75) is 52.6 Å². The first-order valence-electron chi connectivity index (χ1n) is 8.47. The SMILES string of the molecule is CCN(CC(=O)N(Cc1ccccc1)C(C)(C)C)CC1CC1. The van der Waals surface area contributed by atoms with E-state index in [2.05, 4.69) is 44.7 Å². The molecule has 2 rings (SSSR count). The van der Waals surface area contributed by atoms with Crippen molar-refractivity contribution < 1.29 is 4.79 Å². The number of hydrogen-bond donors (Lipinski definition) is 0. The van der Waals surface area contributed by atoms with Crippen molar-refractivity contribution in [1.82, 2.24) is 9.80 Å². The van der Waals surface area contributed by atoms with Crippen molar-refractivity contribution in [1.29, 1.82) is 0 Å². The molecule has 1 amide bonds. The Morgan fingerprint density at radius 3 is 2.32 bits per heavy atom. The molecular formula is C19H30N2O. The van der Waals surface area contributed by atoms with Crippen molar-refractivity contribution >= 4 is 5.91 Å². The van der Waals surface area contributed by atoms with Crippen LogP contribution in [0.5, 0.6) is 0 Å². The molecule has 0 radical (unpaired) electrons. The number of nitrogens with zero attached hydrogens (tertiary/aromatic N) is 2. The quantitative estimate of drug-likeness (QED) is 0.769. The minimum atomic E-state index is -0.161. The van der Waals surface area contributed by atoms with Crippen LogP contribution < -0.4 is 0 Å². The van der Waals surface area contributed by atoms with Gasteiger partial charge in [-0.3, -0.25) is 9.69 Å². The smallest absolute Gasteiger partial charge is 0.237 e. The van der Waals surface area contributed by atoms with Gasteiger partial charge in [0.05, 0.1) is 6.54 Å². The average molecular weight is 302 g/mol. The fraction of sp³-hybridized carbons (Fsp3) is 0.632. The molecule has 22 heavy (non-hydrogen) atoms. The lowest BCUT2D eigenvalue weighted by Crippen LogP contribution is -2.49. The van der Waals surface area contributed by atoms with Crippen LogP contribution in [0.4, 0.5) is 0 Å². The molecule has 0 atom stereocenters. The van der Waals surface area contributed by atoms with Crippen LogP contribution in [0.15, 0.2) is 30.3 Å². The standard InChI is InChI=1S/C19H30N2O/c1-5-20(13-17-11-12-17)15-18(22)21(19(2,3)4)14-16-9-7-6-8-10-16/h6-10,17H,5,11-15H2,1-4H3. The molecular weight excluding hydrogens is 272 g/mol. The zero-order valence-corrected chi connectivity index (χ0v) is 14.5. The minimum absolute atomic E-state index is 0.161. The number of rotatable bonds is 7. The van der Waals surface area contributed by atoms with E-state index in [4.69, 9.17) is 0 Å². The van der Waals surface area contributed by atoms with Crippen molar-refractivity contribution in [3.05, 3.63) is 35.9 Å². The van der Waals surface area contributed by atoms with Gasteiger partial charge in [-0.2, -0.15) is 0 Å². The summed E-state index contributed by atoms with van der Waals surface area (Å²) in [5.41, 5.74) is 1.03. The average Bonchev–Trinajstić information content (AvgIpc) is 3.27. The van der Waals surface area contributed by atoms with Gasteiger partial charge in [-0.1, -0.05) is 37.3 Å². The van der Waals surface area contributed by atoms with Crippen LogP contribution >= 0.6 is 0 Å². The molecule has 1 aliphatic rings. The first-order valence-corrected chi connectivity index (χ1v) is 8.47. The number of benzene rings is 1. The fourth-order valence-corrected chi connectivity index (χ4v) is 2.71. The Labute approximate surface area is 135 Å². The molecule has 0 saturated heterocycles. The third kappa shape index (κ3) is 5.13. The molecule has 1 aromatic carbocycles. The molecule has 0 heterocycles. The highest BCUT2D eigenvalue weighted by Crippen LogP contribution is 2.29. The zero-order chi connectivity index (χ0) is 16.2. The summed E-state index contributed by atoms with van der Waals surface area (Å²) in [4.78, 5) is 17.2. The van der Waals surface area contributed by atoms with Crippen molar-refractivity contribution in [3.8, 4) is 0 Å². The van der Waals surface area contributed by atoms with Crippen molar-refractivity contribution in [2.24, 2.45) is 5.92 Å². The van der Waals surface area contributed by atoms with Gasteiger partial charge < -0.3 is 4.90 Å². The third-order valence-corrected chi connectivity index (χ3v) is 4.31. The molecule has 122 valence electrons. The predicted octanol–water partition coefficient (Wildman–Crippen LogP) is 3.55.